The number of nitrogen functional groups attached to an aromatic ring is 1. The van der Waals surface area contributed by atoms with Gasteiger partial charge < -0.3 is 15.6 Å². The van der Waals surface area contributed by atoms with E-state index in [1.165, 1.54) is 0 Å². The molecule has 0 bridgehead atoms. The number of hydrogen-bond donors (Lipinski definition) is 2. The van der Waals surface area contributed by atoms with Gasteiger partial charge in [0, 0.05) is 0 Å². The first-order chi connectivity index (χ1) is 6.07. The Balaban J connectivity index is 3.26. The van der Waals surface area contributed by atoms with Gasteiger partial charge in [0.25, 0.3) is 0 Å². The molecule has 0 aliphatic rings. The van der Waals surface area contributed by atoms with E-state index in [1.54, 1.807) is 0 Å². The molecule has 70 valence electrons. The number of carbonyl (C=O) groups is 1. The van der Waals surface area contributed by atoms with Gasteiger partial charge in [0.1, 0.15) is 11.4 Å². The summed E-state index contributed by atoms with van der Waals surface area (Å²) < 4.78 is 17.4. The molecule has 4 nitrogen and oxygen atoms in total. The van der Waals surface area contributed by atoms with Crippen LogP contribution in [0.3, 0.4) is 0 Å². The van der Waals surface area contributed by atoms with Crippen LogP contribution in [0.25, 0.3) is 0 Å². The summed E-state index contributed by atoms with van der Waals surface area (Å²) in [6, 6.07) is 2.23. The van der Waals surface area contributed by atoms with E-state index in [2.05, 4.69) is 4.74 Å². The van der Waals surface area contributed by atoms with Crippen molar-refractivity contribution in [3.8, 4) is 5.75 Å². The Morgan fingerprint density at radius 1 is 1.62 bits per heavy atom. The van der Waals surface area contributed by atoms with Crippen molar-refractivity contribution < 1.29 is 19.0 Å². The van der Waals surface area contributed by atoms with Crippen LogP contribution in [-0.4, -0.2) is 18.2 Å². The fourth-order valence-corrected chi connectivity index (χ4v) is 0.850. The Morgan fingerprint density at radius 2 is 2.23 bits per heavy atom. The zero-order valence-corrected chi connectivity index (χ0v) is 6.87. The predicted molar refractivity (Wildman–Crippen MR) is 43.8 cm³/mol. The van der Waals surface area contributed by atoms with E-state index in [0.29, 0.717) is 0 Å². The van der Waals surface area contributed by atoms with Crippen LogP contribution in [0.4, 0.5) is 10.1 Å². The number of phenolic OH excluding ortho intramolecular Hbond substituents is 1. The third-order valence-electron chi connectivity index (χ3n) is 1.56. The number of aromatic hydroxyl groups is 1. The fraction of sp³-hybridized carbons (Fsp3) is 0.125. The van der Waals surface area contributed by atoms with Gasteiger partial charge in [-0.25, -0.2) is 9.18 Å². The van der Waals surface area contributed by atoms with Crippen LogP contribution in [0.5, 0.6) is 5.75 Å². The lowest BCUT2D eigenvalue weighted by atomic mass is 10.2. The van der Waals surface area contributed by atoms with Crippen molar-refractivity contribution in [2.75, 3.05) is 12.8 Å². The van der Waals surface area contributed by atoms with Crippen molar-refractivity contribution in [3.05, 3.63) is 23.5 Å². The molecule has 5 heteroatoms. The summed E-state index contributed by atoms with van der Waals surface area (Å²) >= 11 is 0. The van der Waals surface area contributed by atoms with Gasteiger partial charge in [-0.1, -0.05) is 0 Å². The number of nitrogens with two attached hydrogens (primary N) is 1. The molecular formula is C8H8FNO3. The van der Waals surface area contributed by atoms with E-state index in [4.69, 9.17) is 10.8 Å². The number of rotatable bonds is 1. The molecule has 0 heterocycles. The maximum atomic E-state index is 13.1. The number of ether oxygens (including phenoxy) is 1. The Morgan fingerprint density at radius 3 is 2.77 bits per heavy atom. The normalized spacial score (nSPS) is 9.69. The lowest BCUT2D eigenvalue weighted by Gasteiger charge is -2.04. The van der Waals surface area contributed by atoms with E-state index in [0.717, 1.165) is 19.2 Å². The van der Waals surface area contributed by atoms with Gasteiger partial charge in [-0.2, -0.15) is 0 Å². The van der Waals surface area contributed by atoms with Crippen molar-refractivity contribution in [1.29, 1.82) is 0 Å². The molecule has 0 saturated heterocycles. The van der Waals surface area contributed by atoms with Crippen molar-refractivity contribution in [1.82, 2.24) is 0 Å². The van der Waals surface area contributed by atoms with Crippen LogP contribution in [0.2, 0.25) is 0 Å². The minimum absolute atomic E-state index is 0.294. The Bertz CT molecular complexity index is 351. The van der Waals surface area contributed by atoms with Crippen LogP contribution in [0, 0.1) is 5.82 Å². The highest BCUT2D eigenvalue weighted by Crippen LogP contribution is 2.25. The van der Waals surface area contributed by atoms with Crippen molar-refractivity contribution in [2.24, 2.45) is 0 Å². The van der Waals surface area contributed by atoms with Crippen molar-refractivity contribution in [2.45, 2.75) is 0 Å². The molecule has 0 unspecified atom stereocenters. The second kappa shape index (κ2) is 3.30. The number of halogens is 1. The molecule has 0 fully saturated rings. The lowest BCUT2D eigenvalue weighted by Crippen LogP contribution is -2.06. The second-order valence-corrected chi connectivity index (χ2v) is 2.35. The first-order valence-electron chi connectivity index (χ1n) is 3.43. The standard InChI is InChI=1S/C8H8FNO3/c1-13-8(12)4-2-3-5(11)7(10)6(4)9/h2-3,11H,10H2,1H3. The van der Waals surface area contributed by atoms with E-state index >= 15 is 0 Å². The summed E-state index contributed by atoms with van der Waals surface area (Å²) in [4.78, 5) is 10.9. The monoisotopic (exact) mass is 185 g/mol. The molecule has 3 N–H and O–H groups in total. The Hall–Kier alpha value is -1.78. The zero-order valence-electron chi connectivity index (χ0n) is 6.87. The molecule has 0 spiro atoms. The van der Waals surface area contributed by atoms with Crippen LogP contribution in [0.1, 0.15) is 10.4 Å². The first-order valence-corrected chi connectivity index (χ1v) is 3.43. The number of anilines is 1. The molecule has 0 atom stereocenters. The average Bonchev–Trinajstić information content (AvgIpc) is 2.13. The van der Waals surface area contributed by atoms with E-state index in [9.17, 15) is 9.18 Å². The van der Waals surface area contributed by atoms with Gasteiger partial charge in [-0.3, -0.25) is 0 Å². The minimum Gasteiger partial charge on any atom is -0.506 e. The molecule has 0 aliphatic heterocycles. The van der Waals surface area contributed by atoms with E-state index in [1.807, 2.05) is 0 Å². The highest BCUT2D eigenvalue weighted by Gasteiger charge is 2.16. The molecule has 0 aromatic heterocycles. The number of methoxy groups -OCH3 is 1. The predicted octanol–water partition coefficient (Wildman–Crippen LogP) is 0.900. The first kappa shape index (κ1) is 9.31. The quantitative estimate of drug-likeness (QED) is 0.387. The van der Waals surface area contributed by atoms with Gasteiger partial charge in [-0.15, -0.1) is 0 Å². The third-order valence-corrected chi connectivity index (χ3v) is 1.56. The zero-order chi connectivity index (χ0) is 10.0. The van der Waals surface area contributed by atoms with Crippen LogP contribution in [0.15, 0.2) is 12.1 Å². The lowest BCUT2D eigenvalue weighted by molar-refractivity contribution is 0.0595. The number of phenols is 1. The highest BCUT2D eigenvalue weighted by atomic mass is 19.1. The van der Waals surface area contributed by atoms with Crippen LogP contribution < -0.4 is 5.73 Å². The summed E-state index contributed by atoms with van der Waals surface area (Å²) in [5.41, 5.74) is 4.39. The summed E-state index contributed by atoms with van der Waals surface area (Å²) in [5.74, 6) is -2.19. The minimum atomic E-state index is -0.966. The summed E-state index contributed by atoms with van der Waals surface area (Å²) in [6.45, 7) is 0. The van der Waals surface area contributed by atoms with Gasteiger partial charge in [0.2, 0.25) is 0 Å². The Labute approximate surface area is 73.7 Å². The number of esters is 1. The summed E-state index contributed by atoms with van der Waals surface area (Å²) in [5, 5.41) is 8.96. The van der Waals surface area contributed by atoms with Gasteiger partial charge in [-0.05, 0) is 12.1 Å². The molecule has 0 aliphatic carbocycles. The molecular weight excluding hydrogens is 177 g/mol. The van der Waals surface area contributed by atoms with Gasteiger partial charge >= 0.3 is 5.97 Å². The molecule has 0 amide bonds. The highest BCUT2D eigenvalue weighted by molar-refractivity contribution is 5.91. The van der Waals surface area contributed by atoms with Crippen molar-refractivity contribution in [3.63, 3.8) is 0 Å². The van der Waals surface area contributed by atoms with E-state index in [-0.39, 0.29) is 5.56 Å². The van der Waals surface area contributed by atoms with Crippen LogP contribution in [-0.2, 0) is 4.74 Å². The van der Waals surface area contributed by atoms with Gasteiger partial charge in [0.15, 0.2) is 5.82 Å². The second-order valence-electron chi connectivity index (χ2n) is 2.35. The van der Waals surface area contributed by atoms with Crippen LogP contribution >= 0.6 is 0 Å². The average molecular weight is 185 g/mol. The van der Waals surface area contributed by atoms with E-state index < -0.39 is 23.2 Å². The number of hydrogen-bond acceptors (Lipinski definition) is 4. The maximum Gasteiger partial charge on any atom is 0.340 e. The molecule has 13 heavy (non-hydrogen) atoms. The third kappa shape index (κ3) is 1.53. The Kier molecular flexibility index (Phi) is 2.36. The molecule has 0 saturated carbocycles. The molecule has 1 aromatic rings. The van der Waals surface area contributed by atoms with Gasteiger partial charge in [0.05, 0.1) is 12.7 Å². The smallest absolute Gasteiger partial charge is 0.340 e. The topological polar surface area (TPSA) is 72.5 Å². The summed E-state index contributed by atoms with van der Waals surface area (Å²) in [6.07, 6.45) is 0. The molecule has 0 radical (unpaired) electrons. The maximum absolute atomic E-state index is 13.1. The number of benzene rings is 1. The largest absolute Gasteiger partial charge is 0.506 e. The fourth-order valence-electron chi connectivity index (χ4n) is 0.850. The molecule has 1 aromatic carbocycles. The van der Waals surface area contributed by atoms with Crippen molar-refractivity contribution >= 4 is 11.7 Å². The SMILES string of the molecule is COC(=O)c1ccc(O)c(N)c1F. The number of carbonyl (C=O) groups excluding carboxylic acids is 1. The molecule has 1 rings (SSSR count). The summed E-state index contributed by atoms with van der Waals surface area (Å²) in [7, 11) is 1.13.